The average molecular weight is 195 g/mol. The summed E-state index contributed by atoms with van der Waals surface area (Å²) in [5.41, 5.74) is 0.877. The summed E-state index contributed by atoms with van der Waals surface area (Å²) in [5, 5.41) is 0. The van der Waals surface area contributed by atoms with Crippen LogP contribution in [0.2, 0.25) is 0 Å². The first kappa shape index (κ1) is 9.44. The molecule has 1 aromatic heterocycles. The maximum Gasteiger partial charge on any atom is 0.183 e. The molecule has 0 atom stereocenters. The molecule has 0 radical (unpaired) electrons. The number of halogens is 1. The molecule has 1 aliphatic carbocycles. The second-order valence-corrected chi connectivity index (χ2v) is 4.01. The van der Waals surface area contributed by atoms with Crippen molar-refractivity contribution in [2.75, 3.05) is 0 Å². The monoisotopic (exact) mass is 195 g/mol. The standard InChI is InChI=1S/C11H14FNO/c1-7(2)10-5-11(9(12)6-13-10)14-8-3-4-8/h5-8H,3-4H2,1-2H3. The van der Waals surface area contributed by atoms with Crippen LogP contribution < -0.4 is 4.74 Å². The van der Waals surface area contributed by atoms with E-state index in [-0.39, 0.29) is 11.9 Å². The van der Waals surface area contributed by atoms with E-state index in [9.17, 15) is 4.39 Å². The third kappa shape index (κ3) is 2.03. The Kier molecular flexibility index (Phi) is 2.40. The Labute approximate surface area is 83.1 Å². The SMILES string of the molecule is CC(C)c1cc(OC2CC2)c(F)cn1. The van der Waals surface area contributed by atoms with Crippen LogP contribution in [0, 0.1) is 5.82 Å². The number of nitrogens with zero attached hydrogens (tertiary/aromatic N) is 1. The van der Waals surface area contributed by atoms with Gasteiger partial charge in [-0.15, -0.1) is 0 Å². The van der Waals surface area contributed by atoms with Gasteiger partial charge in [-0.3, -0.25) is 4.98 Å². The smallest absolute Gasteiger partial charge is 0.183 e. The first-order valence-corrected chi connectivity index (χ1v) is 4.99. The minimum absolute atomic E-state index is 0.229. The van der Waals surface area contributed by atoms with Crippen LogP contribution >= 0.6 is 0 Å². The largest absolute Gasteiger partial charge is 0.487 e. The van der Waals surface area contributed by atoms with Gasteiger partial charge in [0.2, 0.25) is 0 Å². The first-order chi connectivity index (χ1) is 6.66. The second-order valence-electron chi connectivity index (χ2n) is 4.01. The van der Waals surface area contributed by atoms with Gasteiger partial charge in [0.1, 0.15) is 0 Å². The Balaban J connectivity index is 2.21. The molecule has 14 heavy (non-hydrogen) atoms. The molecule has 1 fully saturated rings. The molecule has 0 spiro atoms. The number of rotatable bonds is 3. The van der Waals surface area contributed by atoms with E-state index in [0.717, 1.165) is 18.5 Å². The molecule has 0 aliphatic heterocycles. The van der Waals surface area contributed by atoms with Crippen molar-refractivity contribution in [3.05, 3.63) is 23.8 Å². The van der Waals surface area contributed by atoms with Gasteiger partial charge < -0.3 is 4.74 Å². The normalized spacial score (nSPS) is 16.0. The quantitative estimate of drug-likeness (QED) is 0.739. The van der Waals surface area contributed by atoms with Crippen LogP contribution in [0.25, 0.3) is 0 Å². The molecule has 0 aromatic carbocycles. The van der Waals surface area contributed by atoms with Gasteiger partial charge in [0, 0.05) is 11.8 Å². The molecule has 0 N–H and O–H groups in total. The summed E-state index contributed by atoms with van der Waals surface area (Å²) in [6, 6.07) is 1.71. The number of hydrogen-bond donors (Lipinski definition) is 0. The predicted molar refractivity (Wildman–Crippen MR) is 51.9 cm³/mol. The highest BCUT2D eigenvalue weighted by Gasteiger charge is 2.25. The van der Waals surface area contributed by atoms with E-state index >= 15 is 0 Å². The molecule has 3 heteroatoms. The molecule has 0 bridgehead atoms. The third-order valence-corrected chi connectivity index (χ3v) is 2.25. The molecule has 0 unspecified atom stereocenters. The van der Waals surface area contributed by atoms with E-state index in [0.29, 0.717) is 11.7 Å². The van der Waals surface area contributed by atoms with Crippen LogP contribution in [0.3, 0.4) is 0 Å². The number of hydrogen-bond acceptors (Lipinski definition) is 2. The summed E-state index contributed by atoms with van der Waals surface area (Å²) in [6.45, 7) is 4.06. The highest BCUT2D eigenvalue weighted by molar-refractivity contribution is 5.26. The highest BCUT2D eigenvalue weighted by Crippen LogP contribution is 2.29. The lowest BCUT2D eigenvalue weighted by atomic mass is 10.1. The molecule has 0 amide bonds. The Hall–Kier alpha value is -1.12. The minimum Gasteiger partial charge on any atom is -0.487 e. The lowest BCUT2D eigenvalue weighted by Crippen LogP contribution is -2.01. The fourth-order valence-corrected chi connectivity index (χ4v) is 1.21. The molecule has 1 heterocycles. The maximum absolute atomic E-state index is 13.2. The zero-order chi connectivity index (χ0) is 10.1. The van der Waals surface area contributed by atoms with Gasteiger partial charge in [0.15, 0.2) is 11.6 Å². The number of pyridine rings is 1. The molecular weight excluding hydrogens is 181 g/mol. The van der Waals surface area contributed by atoms with Gasteiger partial charge in [0.25, 0.3) is 0 Å². The lowest BCUT2D eigenvalue weighted by Gasteiger charge is -2.09. The van der Waals surface area contributed by atoms with Gasteiger partial charge in [-0.05, 0) is 18.8 Å². The summed E-state index contributed by atoms with van der Waals surface area (Å²) in [7, 11) is 0. The molecule has 1 aromatic rings. The predicted octanol–water partition coefficient (Wildman–Crippen LogP) is 2.89. The molecule has 0 saturated heterocycles. The summed E-state index contributed by atoms with van der Waals surface area (Å²) in [6.07, 6.45) is 3.55. The third-order valence-electron chi connectivity index (χ3n) is 2.25. The fraction of sp³-hybridized carbons (Fsp3) is 0.545. The van der Waals surface area contributed by atoms with E-state index in [1.165, 1.54) is 6.20 Å². The number of ether oxygens (including phenoxy) is 1. The summed E-state index contributed by atoms with van der Waals surface area (Å²) in [4.78, 5) is 4.01. The molecule has 1 aliphatic rings. The van der Waals surface area contributed by atoms with Crippen molar-refractivity contribution >= 4 is 0 Å². The molecular formula is C11H14FNO. The highest BCUT2D eigenvalue weighted by atomic mass is 19.1. The van der Waals surface area contributed by atoms with Crippen molar-refractivity contribution in [2.45, 2.75) is 38.7 Å². The zero-order valence-corrected chi connectivity index (χ0v) is 8.46. The van der Waals surface area contributed by atoms with E-state index in [4.69, 9.17) is 4.74 Å². The van der Waals surface area contributed by atoms with Crippen LogP contribution in [0.1, 0.15) is 38.3 Å². The molecule has 1 saturated carbocycles. The van der Waals surface area contributed by atoms with E-state index in [2.05, 4.69) is 4.98 Å². The van der Waals surface area contributed by atoms with Crippen LogP contribution in [0.4, 0.5) is 4.39 Å². The van der Waals surface area contributed by atoms with Gasteiger partial charge in [-0.25, -0.2) is 4.39 Å². The van der Waals surface area contributed by atoms with Crippen molar-refractivity contribution in [3.63, 3.8) is 0 Å². The maximum atomic E-state index is 13.2. The van der Waals surface area contributed by atoms with Gasteiger partial charge in [0.05, 0.1) is 12.3 Å². The van der Waals surface area contributed by atoms with Crippen LogP contribution in [0.15, 0.2) is 12.3 Å². The Morgan fingerprint density at radius 3 is 2.79 bits per heavy atom. The van der Waals surface area contributed by atoms with Gasteiger partial charge in [-0.2, -0.15) is 0 Å². The minimum atomic E-state index is -0.360. The van der Waals surface area contributed by atoms with Crippen molar-refractivity contribution in [2.24, 2.45) is 0 Å². The molecule has 2 rings (SSSR count). The Bertz CT molecular complexity index is 334. The summed E-state index contributed by atoms with van der Waals surface area (Å²) < 4.78 is 18.7. The Morgan fingerprint density at radius 2 is 2.21 bits per heavy atom. The first-order valence-electron chi connectivity index (χ1n) is 4.99. The van der Waals surface area contributed by atoms with Crippen LogP contribution in [0.5, 0.6) is 5.75 Å². The zero-order valence-electron chi connectivity index (χ0n) is 8.46. The molecule has 76 valence electrons. The van der Waals surface area contributed by atoms with Crippen molar-refractivity contribution in [1.29, 1.82) is 0 Å². The van der Waals surface area contributed by atoms with Crippen molar-refractivity contribution in [1.82, 2.24) is 4.98 Å². The van der Waals surface area contributed by atoms with E-state index < -0.39 is 0 Å². The van der Waals surface area contributed by atoms with Crippen LogP contribution in [-0.2, 0) is 0 Å². The van der Waals surface area contributed by atoms with Crippen LogP contribution in [-0.4, -0.2) is 11.1 Å². The van der Waals surface area contributed by atoms with Crippen molar-refractivity contribution < 1.29 is 9.13 Å². The summed E-state index contributed by atoms with van der Waals surface area (Å²) in [5.74, 6) is 0.296. The van der Waals surface area contributed by atoms with E-state index in [1.54, 1.807) is 6.07 Å². The second kappa shape index (κ2) is 3.56. The van der Waals surface area contributed by atoms with Crippen molar-refractivity contribution in [3.8, 4) is 5.75 Å². The van der Waals surface area contributed by atoms with E-state index in [1.807, 2.05) is 13.8 Å². The lowest BCUT2D eigenvalue weighted by molar-refractivity contribution is 0.286. The summed E-state index contributed by atoms with van der Waals surface area (Å²) >= 11 is 0. The fourth-order valence-electron chi connectivity index (χ4n) is 1.21. The topological polar surface area (TPSA) is 22.1 Å². The van der Waals surface area contributed by atoms with Gasteiger partial charge >= 0.3 is 0 Å². The molecule has 2 nitrogen and oxygen atoms in total. The average Bonchev–Trinajstić information content (AvgIpc) is 2.92. The van der Waals surface area contributed by atoms with Gasteiger partial charge in [-0.1, -0.05) is 13.8 Å². The Morgan fingerprint density at radius 1 is 1.50 bits per heavy atom. The number of aromatic nitrogens is 1.